The number of unbranched alkanes of at least 4 members (excludes halogenated alkanes) is 4. The molecule has 37 heavy (non-hydrogen) atoms. The van der Waals surface area contributed by atoms with Crippen molar-refractivity contribution in [1.82, 2.24) is 4.90 Å². The lowest BCUT2D eigenvalue weighted by molar-refractivity contribution is -0.757. The Labute approximate surface area is 226 Å². The summed E-state index contributed by atoms with van der Waals surface area (Å²) in [5.41, 5.74) is 1.44. The zero-order valence-corrected chi connectivity index (χ0v) is 24.1. The van der Waals surface area contributed by atoms with Gasteiger partial charge in [0, 0.05) is 13.6 Å². The molecule has 2 atom stereocenters. The van der Waals surface area contributed by atoms with E-state index in [0.717, 1.165) is 12.8 Å². The van der Waals surface area contributed by atoms with E-state index >= 15 is 0 Å². The molecule has 0 aliphatic carbocycles. The SMILES string of the molecule is CC/C=C\CCCC.CCC(O)C(CC)CCCCCc1ccccc1.CN(C=O)CCCO[N+](=O)[O-]. The number of amides is 1. The number of benzene rings is 1. The summed E-state index contributed by atoms with van der Waals surface area (Å²) in [4.78, 5) is 25.0. The number of aliphatic hydroxyl groups is 1. The predicted molar refractivity (Wildman–Crippen MR) is 154 cm³/mol. The fraction of sp³-hybridized carbons (Fsp3) is 0.700. The van der Waals surface area contributed by atoms with E-state index in [0.29, 0.717) is 25.3 Å². The minimum absolute atomic E-state index is 0.0329. The molecule has 1 rings (SSSR count). The average molecular weight is 523 g/mol. The maximum Gasteiger partial charge on any atom is 0.294 e. The summed E-state index contributed by atoms with van der Waals surface area (Å²) in [6, 6.07) is 10.7. The first kappa shape index (κ1) is 36.7. The Hall–Kier alpha value is -2.41. The van der Waals surface area contributed by atoms with E-state index in [4.69, 9.17) is 0 Å². The number of carbonyl (C=O) groups is 1. The lowest BCUT2D eigenvalue weighted by atomic mass is 9.91. The molecule has 7 nitrogen and oxygen atoms in total. The maximum absolute atomic E-state index is 9.98. The van der Waals surface area contributed by atoms with Crippen LogP contribution in [-0.2, 0) is 16.1 Å². The molecule has 1 aromatic rings. The first-order valence-corrected chi connectivity index (χ1v) is 14.2. The lowest BCUT2D eigenvalue weighted by Crippen LogP contribution is -2.19. The molecule has 1 amide bonds. The van der Waals surface area contributed by atoms with Crippen LogP contribution < -0.4 is 0 Å². The third kappa shape index (κ3) is 26.5. The highest BCUT2D eigenvalue weighted by atomic mass is 16.9. The van der Waals surface area contributed by atoms with Crippen molar-refractivity contribution in [3.8, 4) is 0 Å². The summed E-state index contributed by atoms with van der Waals surface area (Å²) < 4.78 is 0. The number of hydrogen-bond acceptors (Lipinski definition) is 5. The summed E-state index contributed by atoms with van der Waals surface area (Å²) in [7, 11) is 1.60. The zero-order chi connectivity index (χ0) is 28.2. The van der Waals surface area contributed by atoms with Gasteiger partial charge in [0.2, 0.25) is 6.41 Å². The number of allylic oxidation sites excluding steroid dienone is 2. The molecule has 7 heteroatoms. The van der Waals surface area contributed by atoms with Gasteiger partial charge in [-0.05, 0) is 56.4 Å². The second kappa shape index (κ2) is 28.2. The van der Waals surface area contributed by atoms with E-state index in [9.17, 15) is 20.0 Å². The topological polar surface area (TPSA) is 92.9 Å². The molecule has 0 radical (unpaired) electrons. The van der Waals surface area contributed by atoms with Crippen LogP contribution in [0.25, 0.3) is 0 Å². The van der Waals surface area contributed by atoms with Crippen LogP contribution in [0, 0.1) is 16.0 Å². The molecule has 2 unspecified atom stereocenters. The van der Waals surface area contributed by atoms with Gasteiger partial charge in [-0.1, -0.05) is 102 Å². The van der Waals surface area contributed by atoms with E-state index in [1.807, 2.05) is 0 Å². The Kier molecular flexibility index (Phi) is 28.0. The first-order chi connectivity index (χ1) is 17.9. The number of aryl methyl sites for hydroxylation is 1. The molecule has 0 aliphatic rings. The minimum Gasteiger partial charge on any atom is -0.393 e. The van der Waals surface area contributed by atoms with Gasteiger partial charge in [-0.25, -0.2) is 0 Å². The van der Waals surface area contributed by atoms with Crippen molar-refractivity contribution in [1.29, 1.82) is 0 Å². The van der Waals surface area contributed by atoms with Crippen molar-refractivity contribution in [3.05, 3.63) is 58.2 Å². The van der Waals surface area contributed by atoms with Gasteiger partial charge in [0.05, 0.1) is 12.7 Å². The third-order valence-corrected chi connectivity index (χ3v) is 6.03. The molecule has 0 saturated heterocycles. The van der Waals surface area contributed by atoms with E-state index in [1.165, 1.54) is 68.3 Å². The molecular formula is C30H54N2O5. The summed E-state index contributed by atoms with van der Waals surface area (Å²) in [5, 5.41) is 18.6. The fourth-order valence-corrected chi connectivity index (χ4v) is 3.67. The van der Waals surface area contributed by atoms with Crippen LogP contribution in [-0.4, -0.2) is 47.8 Å². The van der Waals surface area contributed by atoms with Crippen molar-refractivity contribution < 1.29 is 19.8 Å². The molecular weight excluding hydrogens is 468 g/mol. The molecule has 0 aromatic heterocycles. The maximum atomic E-state index is 9.98. The quantitative estimate of drug-likeness (QED) is 0.0671. The summed E-state index contributed by atoms with van der Waals surface area (Å²) in [6.07, 6.45) is 18.8. The Morgan fingerprint density at radius 3 is 2.24 bits per heavy atom. The van der Waals surface area contributed by atoms with E-state index in [-0.39, 0.29) is 12.7 Å². The predicted octanol–water partition coefficient (Wildman–Crippen LogP) is 7.40. The van der Waals surface area contributed by atoms with Gasteiger partial charge in [0.15, 0.2) is 0 Å². The van der Waals surface area contributed by atoms with Crippen molar-refractivity contribution in [3.63, 3.8) is 0 Å². The van der Waals surface area contributed by atoms with Crippen LogP contribution >= 0.6 is 0 Å². The van der Waals surface area contributed by atoms with Crippen LogP contribution in [0.1, 0.15) is 104 Å². The number of carbonyl (C=O) groups excluding carboxylic acids is 1. The molecule has 1 aromatic carbocycles. The van der Waals surface area contributed by atoms with Crippen LogP contribution in [0.3, 0.4) is 0 Å². The summed E-state index contributed by atoms with van der Waals surface area (Å²) in [6.45, 7) is 9.15. The smallest absolute Gasteiger partial charge is 0.294 e. The van der Waals surface area contributed by atoms with Crippen molar-refractivity contribution >= 4 is 6.41 Å². The Bertz CT molecular complexity index is 655. The third-order valence-electron chi connectivity index (χ3n) is 6.03. The van der Waals surface area contributed by atoms with Crippen LogP contribution in [0.4, 0.5) is 0 Å². The molecule has 0 spiro atoms. The zero-order valence-electron chi connectivity index (χ0n) is 24.1. The van der Waals surface area contributed by atoms with Gasteiger partial charge in [-0.15, -0.1) is 10.1 Å². The van der Waals surface area contributed by atoms with Crippen LogP contribution in [0.15, 0.2) is 42.5 Å². The van der Waals surface area contributed by atoms with Gasteiger partial charge in [-0.3, -0.25) is 4.79 Å². The number of rotatable bonds is 19. The van der Waals surface area contributed by atoms with Gasteiger partial charge >= 0.3 is 0 Å². The first-order valence-electron chi connectivity index (χ1n) is 14.2. The van der Waals surface area contributed by atoms with Crippen molar-refractivity contribution in [2.24, 2.45) is 5.92 Å². The minimum atomic E-state index is -0.846. The highest BCUT2D eigenvalue weighted by Gasteiger charge is 2.14. The average Bonchev–Trinajstić information content (AvgIpc) is 2.92. The van der Waals surface area contributed by atoms with E-state index in [1.54, 1.807) is 7.05 Å². The summed E-state index contributed by atoms with van der Waals surface area (Å²) in [5.74, 6) is 0.506. The largest absolute Gasteiger partial charge is 0.393 e. The second-order valence-electron chi connectivity index (χ2n) is 9.25. The Balaban J connectivity index is 0. The van der Waals surface area contributed by atoms with Crippen LogP contribution in [0.2, 0.25) is 0 Å². The van der Waals surface area contributed by atoms with Crippen LogP contribution in [0.5, 0.6) is 0 Å². The normalized spacial score (nSPS) is 11.9. The van der Waals surface area contributed by atoms with Crippen molar-refractivity contribution in [2.45, 2.75) is 111 Å². The van der Waals surface area contributed by atoms with Crippen molar-refractivity contribution in [2.75, 3.05) is 20.2 Å². The molecule has 0 aliphatic heterocycles. The molecule has 0 fully saturated rings. The Morgan fingerprint density at radius 1 is 1.00 bits per heavy atom. The fourth-order valence-electron chi connectivity index (χ4n) is 3.67. The lowest BCUT2D eigenvalue weighted by Gasteiger charge is -2.20. The number of aliphatic hydroxyl groups excluding tert-OH is 1. The summed E-state index contributed by atoms with van der Waals surface area (Å²) >= 11 is 0. The highest BCUT2D eigenvalue weighted by molar-refractivity contribution is 5.46. The van der Waals surface area contributed by atoms with Gasteiger partial charge < -0.3 is 14.8 Å². The Morgan fingerprint density at radius 2 is 1.70 bits per heavy atom. The second-order valence-corrected chi connectivity index (χ2v) is 9.25. The highest BCUT2D eigenvalue weighted by Crippen LogP contribution is 2.20. The standard InChI is InChI=1S/C17H28O.C8H16.C5H10N2O4/c1-3-16(17(18)4-2)14-10-6-9-13-15-11-7-5-8-12-15;1-3-5-7-8-6-4-2;1-6(5-8)3-2-4-11-7(9)10/h5,7-8,11-12,16-18H,3-4,6,9-10,13-14H2,1-2H3;5,7H,3-4,6,8H2,1-2H3;5H,2-4H2,1H3/b;7-5-;. The molecule has 1 N–H and O–H groups in total. The van der Waals surface area contributed by atoms with E-state index in [2.05, 4.69) is 75.0 Å². The molecule has 0 bridgehead atoms. The van der Waals surface area contributed by atoms with Gasteiger partial charge in [0.1, 0.15) is 0 Å². The molecule has 0 heterocycles. The number of hydrogen-bond donors (Lipinski definition) is 1. The number of nitrogens with zero attached hydrogens (tertiary/aromatic N) is 2. The molecule has 214 valence electrons. The van der Waals surface area contributed by atoms with Gasteiger partial charge in [0.25, 0.3) is 5.09 Å². The van der Waals surface area contributed by atoms with E-state index < -0.39 is 5.09 Å². The molecule has 0 saturated carbocycles. The van der Waals surface area contributed by atoms with Gasteiger partial charge in [-0.2, -0.15) is 0 Å². The monoisotopic (exact) mass is 522 g/mol.